The van der Waals surface area contributed by atoms with E-state index in [2.05, 4.69) is 62.2 Å². The van der Waals surface area contributed by atoms with Crippen LogP contribution < -0.4 is 5.32 Å². The van der Waals surface area contributed by atoms with Gasteiger partial charge in [-0.2, -0.15) is 5.10 Å². The predicted octanol–water partition coefficient (Wildman–Crippen LogP) is 2.93. The number of aromatic nitrogens is 2. The molecular formula is C13H18BrN3. The smallest absolute Gasteiger partial charge is 0.0841 e. The Morgan fingerprint density at radius 1 is 1.35 bits per heavy atom. The molecule has 1 heterocycles. The van der Waals surface area contributed by atoms with Gasteiger partial charge in [-0.3, -0.25) is 4.68 Å². The van der Waals surface area contributed by atoms with Crippen molar-refractivity contribution < 1.29 is 0 Å². The molecule has 0 aliphatic rings. The number of fused-ring (bicyclic) bond motifs is 1. The molecule has 17 heavy (non-hydrogen) atoms. The monoisotopic (exact) mass is 295 g/mol. The highest BCUT2D eigenvalue weighted by Gasteiger charge is 2.07. The lowest BCUT2D eigenvalue weighted by Gasteiger charge is -2.00. The molecule has 0 spiro atoms. The first-order chi connectivity index (χ1) is 8.36. The van der Waals surface area contributed by atoms with Crippen LogP contribution in [0.15, 0.2) is 24.3 Å². The summed E-state index contributed by atoms with van der Waals surface area (Å²) in [5.41, 5.74) is 2.38. The Kier molecular flexibility index (Phi) is 4.57. The highest BCUT2D eigenvalue weighted by Crippen LogP contribution is 2.18. The van der Waals surface area contributed by atoms with E-state index >= 15 is 0 Å². The SMILES string of the molecule is CCn1nc(CNCCCBr)c2ccccc21. The third-order valence-electron chi connectivity index (χ3n) is 2.81. The van der Waals surface area contributed by atoms with Crippen molar-refractivity contribution in [3.8, 4) is 0 Å². The van der Waals surface area contributed by atoms with Crippen molar-refractivity contribution in [1.29, 1.82) is 0 Å². The lowest BCUT2D eigenvalue weighted by Crippen LogP contribution is -2.15. The van der Waals surface area contributed by atoms with Gasteiger partial charge in [-0.05, 0) is 26.0 Å². The molecule has 1 aromatic heterocycles. The second-order valence-corrected chi connectivity index (χ2v) is 4.79. The average molecular weight is 296 g/mol. The third kappa shape index (κ3) is 2.87. The zero-order chi connectivity index (χ0) is 12.1. The molecule has 0 amide bonds. The van der Waals surface area contributed by atoms with Crippen molar-refractivity contribution in [1.82, 2.24) is 15.1 Å². The molecule has 3 nitrogen and oxygen atoms in total. The van der Waals surface area contributed by atoms with Crippen LogP contribution in [-0.4, -0.2) is 21.7 Å². The Hall–Kier alpha value is -0.870. The molecule has 4 heteroatoms. The molecule has 2 aromatic rings. The van der Waals surface area contributed by atoms with Gasteiger partial charge in [-0.15, -0.1) is 0 Å². The summed E-state index contributed by atoms with van der Waals surface area (Å²) in [7, 11) is 0. The van der Waals surface area contributed by atoms with Crippen LogP contribution in [0.2, 0.25) is 0 Å². The van der Waals surface area contributed by atoms with E-state index < -0.39 is 0 Å². The van der Waals surface area contributed by atoms with Crippen LogP contribution in [0.4, 0.5) is 0 Å². The number of hydrogen-bond acceptors (Lipinski definition) is 2. The highest BCUT2D eigenvalue weighted by molar-refractivity contribution is 9.09. The van der Waals surface area contributed by atoms with Crippen LogP contribution >= 0.6 is 15.9 Å². The van der Waals surface area contributed by atoms with E-state index in [1.165, 1.54) is 10.9 Å². The van der Waals surface area contributed by atoms with Crippen LogP contribution in [0.25, 0.3) is 10.9 Å². The van der Waals surface area contributed by atoms with Crippen LogP contribution in [-0.2, 0) is 13.1 Å². The molecule has 0 aliphatic heterocycles. The maximum atomic E-state index is 4.65. The quantitative estimate of drug-likeness (QED) is 0.656. The van der Waals surface area contributed by atoms with E-state index in [0.717, 1.165) is 37.1 Å². The summed E-state index contributed by atoms with van der Waals surface area (Å²) >= 11 is 3.43. The van der Waals surface area contributed by atoms with E-state index in [1.54, 1.807) is 0 Å². The second kappa shape index (κ2) is 6.17. The minimum Gasteiger partial charge on any atom is -0.311 e. The lowest BCUT2D eigenvalue weighted by atomic mass is 10.2. The molecule has 0 unspecified atom stereocenters. The molecular weight excluding hydrogens is 278 g/mol. The van der Waals surface area contributed by atoms with Crippen molar-refractivity contribution in [3.63, 3.8) is 0 Å². The van der Waals surface area contributed by atoms with Crippen LogP contribution in [0.3, 0.4) is 0 Å². The summed E-state index contributed by atoms with van der Waals surface area (Å²) in [4.78, 5) is 0. The number of benzene rings is 1. The minimum atomic E-state index is 0.848. The molecule has 0 radical (unpaired) electrons. The zero-order valence-corrected chi connectivity index (χ0v) is 11.7. The number of hydrogen-bond donors (Lipinski definition) is 1. The summed E-state index contributed by atoms with van der Waals surface area (Å²) in [6.45, 7) is 4.92. The molecule has 0 saturated heterocycles. The summed E-state index contributed by atoms with van der Waals surface area (Å²) < 4.78 is 2.07. The fourth-order valence-corrected chi connectivity index (χ4v) is 2.25. The average Bonchev–Trinajstić information content (AvgIpc) is 2.73. The standard InChI is InChI=1S/C13H18BrN3/c1-2-17-13-7-4-3-6-11(13)12(16-17)10-15-9-5-8-14/h3-4,6-7,15H,2,5,8-10H2,1H3. The summed E-state index contributed by atoms with van der Waals surface area (Å²) in [6, 6.07) is 8.42. The summed E-state index contributed by atoms with van der Waals surface area (Å²) in [6.07, 6.45) is 1.15. The van der Waals surface area contributed by atoms with Crippen LogP contribution in [0.5, 0.6) is 0 Å². The molecule has 0 aliphatic carbocycles. The third-order valence-corrected chi connectivity index (χ3v) is 3.37. The van der Waals surface area contributed by atoms with Crippen molar-refractivity contribution >= 4 is 26.8 Å². The van der Waals surface area contributed by atoms with Crippen molar-refractivity contribution in [3.05, 3.63) is 30.0 Å². The van der Waals surface area contributed by atoms with Gasteiger partial charge in [0.1, 0.15) is 0 Å². The molecule has 1 N–H and O–H groups in total. The number of alkyl halides is 1. The Bertz CT molecular complexity index is 478. The van der Waals surface area contributed by atoms with Gasteiger partial charge in [0.25, 0.3) is 0 Å². The van der Waals surface area contributed by atoms with Crippen molar-refractivity contribution in [2.24, 2.45) is 0 Å². The van der Waals surface area contributed by atoms with Crippen molar-refractivity contribution in [2.45, 2.75) is 26.4 Å². The van der Waals surface area contributed by atoms with Gasteiger partial charge in [0.15, 0.2) is 0 Å². The maximum absolute atomic E-state index is 4.65. The lowest BCUT2D eigenvalue weighted by molar-refractivity contribution is 0.629. The first kappa shape index (κ1) is 12.6. The molecule has 0 bridgehead atoms. The van der Waals surface area contributed by atoms with E-state index in [9.17, 15) is 0 Å². The van der Waals surface area contributed by atoms with Crippen LogP contribution in [0.1, 0.15) is 19.0 Å². The minimum absolute atomic E-state index is 0.848. The molecule has 1 aromatic carbocycles. The number of para-hydroxylation sites is 1. The highest BCUT2D eigenvalue weighted by atomic mass is 79.9. The second-order valence-electron chi connectivity index (χ2n) is 4.00. The van der Waals surface area contributed by atoms with E-state index in [4.69, 9.17) is 0 Å². The number of aryl methyl sites for hydroxylation is 1. The van der Waals surface area contributed by atoms with Gasteiger partial charge >= 0.3 is 0 Å². The largest absolute Gasteiger partial charge is 0.311 e. The topological polar surface area (TPSA) is 29.9 Å². The first-order valence-electron chi connectivity index (χ1n) is 6.08. The number of nitrogens with zero attached hydrogens (tertiary/aromatic N) is 2. The fraction of sp³-hybridized carbons (Fsp3) is 0.462. The maximum Gasteiger partial charge on any atom is 0.0841 e. The Balaban J connectivity index is 2.16. The van der Waals surface area contributed by atoms with E-state index in [1.807, 2.05) is 0 Å². The Morgan fingerprint density at radius 2 is 2.18 bits per heavy atom. The van der Waals surface area contributed by atoms with E-state index in [-0.39, 0.29) is 0 Å². The summed E-state index contributed by atoms with van der Waals surface area (Å²) in [5.74, 6) is 0. The van der Waals surface area contributed by atoms with Gasteiger partial charge in [0.05, 0.1) is 11.2 Å². The Labute approximate surface area is 110 Å². The normalized spacial score (nSPS) is 11.2. The number of rotatable bonds is 6. The Morgan fingerprint density at radius 3 is 2.94 bits per heavy atom. The zero-order valence-electron chi connectivity index (χ0n) is 10.1. The number of nitrogens with one attached hydrogen (secondary N) is 1. The van der Waals surface area contributed by atoms with Crippen LogP contribution in [0, 0.1) is 0 Å². The molecule has 2 rings (SSSR count). The van der Waals surface area contributed by atoms with Gasteiger partial charge in [0, 0.05) is 23.8 Å². The fourth-order valence-electron chi connectivity index (χ4n) is 1.97. The van der Waals surface area contributed by atoms with Gasteiger partial charge in [-0.1, -0.05) is 34.1 Å². The van der Waals surface area contributed by atoms with Gasteiger partial charge in [-0.25, -0.2) is 0 Å². The van der Waals surface area contributed by atoms with E-state index in [0.29, 0.717) is 0 Å². The van der Waals surface area contributed by atoms with Crippen molar-refractivity contribution in [2.75, 3.05) is 11.9 Å². The molecule has 0 fully saturated rings. The molecule has 0 saturated carbocycles. The predicted molar refractivity (Wildman–Crippen MR) is 75.5 cm³/mol. The first-order valence-corrected chi connectivity index (χ1v) is 7.20. The molecule has 92 valence electrons. The van der Waals surface area contributed by atoms with Gasteiger partial charge in [0.2, 0.25) is 0 Å². The van der Waals surface area contributed by atoms with Gasteiger partial charge < -0.3 is 5.32 Å². The summed E-state index contributed by atoms with van der Waals surface area (Å²) in [5, 5.41) is 10.4. The molecule has 0 atom stereocenters. The number of halogens is 1.